The maximum atomic E-state index is 6.09. The van der Waals surface area contributed by atoms with Gasteiger partial charge in [-0.3, -0.25) is 0 Å². The summed E-state index contributed by atoms with van der Waals surface area (Å²) in [4.78, 5) is 6.61. The number of hydrogen-bond donors (Lipinski definition) is 0. The molecule has 1 unspecified atom stereocenters. The van der Waals surface area contributed by atoms with Crippen molar-refractivity contribution in [3.8, 4) is 5.75 Å². The zero-order valence-corrected chi connectivity index (χ0v) is 13.3. The van der Waals surface area contributed by atoms with Gasteiger partial charge in [-0.15, -0.1) is 0 Å². The van der Waals surface area contributed by atoms with Crippen LogP contribution < -0.4 is 4.74 Å². The van der Waals surface area contributed by atoms with Crippen molar-refractivity contribution in [3.63, 3.8) is 0 Å². The van der Waals surface area contributed by atoms with Crippen LogP contribution in [0.15, 0.2) is 17.1 Å². The summed E-state index contributed by atoms with van der Waals surface area (Å²) in [5.41, 5.74) is 3.35. The quantitative estimate of drug-likeness (QED) is 0.576. The summed E-state index contributed by atoms with van der Waals surface area (Å²) >= 11 is 0. The molecule has 0 radical (unpaired) electrons. The van der Waals surface area contributed by atoms with Crippen LogP contribution in [0.25, 0.3) is 0 Å². The Labute approximate surface area is 122 Å². The van der Waals surface area contributed by atoms with Gasteiger partial charge in [0.1, 0.15) is 5.75 Å². The molecule has 3 heteroatoms. The Hall–Kier alpha value is -1.51. The molecule has 0 bridgehead atoms. The lowest BCUT2D eigenvalue weighted by molar-refractivity contribution is 0.196. The van der Waals surface area contributed by atoms with Crippen LogP contribution in [0.2, 0.25) is 0 Å². The number of ether oxygens (including phenoxy) is 1. The molecule has 0 heterocycles. The minimum Gasteiger partial charge on any atom is -0.490 e. The fourth-order valence-corrected chi connectivity index (χ4v) is 2.15. The number of aliphatic imine (C=N–C) groups is 1. The number of aryl methyl sites for hydroxylation is 2. The Bertz CT molecular complexity index is 492. The van der Waals surface area contributed by atoms with E-state index in [0.29, 0.717) is 6.10 Å². The van der Waals surface area contributed by atoms with E-state index in [1.54, 1.807) is 0 Å². The Balaban J connectivity index is 2.13. The zero-order chi connectivity index (χ0) is 14.7. The highest BCUT2D eigenvalue weighted by atomic mass is 16.5. The Morgan fingerprint density at radius 2 is 2.05 bits per heavy atom. The average molecular weight is 274 g/mol. The standard InChI is InChI=1S/C17H26N2O/c1-6-19(5)11-18-16-9-13(3)17(10-12(16)2)20-14(4)15-7-8-15/h9-11,14-15H,6-8H2,1-5H3/b18-11+. The van der Waals surface area contributed by atoms with Gasteiger partial charge in [0.05, 0.1) is 18.1 Å². The van der Waals surface area contributed by atoms with Gasteiger partial charge in [-0.25, -0.2) is 4.99 Å². The summed E-state index contributed by atoms with van der Waals surface area (Å²) in [6.07, 6.45) is 4.83. The van der Waals surface area contributed by atoms with E-state index in [9.17, 15) is 0 Å². The van der Waals surface area contributed by atoms with Gasteiger partial charge in [-0.1, -0.05) is 0 Å². The van der Waals surface area contributed by atoms with Gasteiger partial charge in [-0.2, -0.15) is 0 Å². The van der Waals surface area contributed by atoms with Gasteiger partial charge in [-0.05, 0) is 69.7 Å². The van der Waals surface area contributed by atoms with Crippen LogP contribution in [-0.2, 0) is 0 Å². The molecule has 0 N–H and O–H groups in total. The van der Waals surface area contributed by atoms with Gasteiger partial charge in [0, 0.05) is 13.6 Å². The number of hydrogen-bond acceptors (Lipinski definition) is 2. The van der Waals surface area contributed by atoms with Crippen molar-refractivity contribution < 1.29 is 4.74 Å². The highest BCUT2D eigenvalue weighted by molar-refractivity contribution is 5.64. The molecule has 1 aromatic carbocycles. The number of benzene rings is 1. The summed E-state index contributed by atoms with van der Waals surface area (Å²) in [6, 6.07) is 4.23. The highest BCUT2D eigenvalue weighted by Gasteiger charge is 2.29. The smallest absolute Gasteiger partial charge is 0.123 e. The molecule has 1 aliphatic rings. The zero-order valence-electron chi connectivity index (χ0n) is 13.3. The predicted molar refractivity (Wildman–Crippen MR) is 85.2 cm³/mol. The summed E-state index contributed by atoms with van der Waals surface area (Å²) in [7, 11) is 2.03. The fourth-order valence-electron chi connectivity index (χ4n) is 2.15. The predicted octanol–water partition coefficient (Wildman–Crippen LogP) is 4.09. The van der Waals surface area contributed by atoms with E-state index in [-0.39, 0.29) is 0 Å². The molecule has 1 atom stereocenters. The SMILES string of the molecule is CCN(C)/C=N/c1cc(C)c(OC(C)C2CC2)cc1C. The molecule has 0 saturated heterocycles. The lowest BCUT2D eigenvalue weighted by atomic mass is 10.1. The van der Waals surface area contributed by atoms with Gasteiger partial charge < -0.3 is 9.64 Å². The molecule has 2 rings (SSSR count). The van der Waals surface area contributed by atoms with Crippen LogP contribution in [0.4, 0.5) is 5.69 Å². The van der Waals surface area contributed by atoms with Crippen molar-refractivity contribution in [3.05, 3.63) is 23.3 Å². The van der Waals surface area contributed by atoms with E-state index in [4.69, 9.17) is 4.74 Å². The first-order chi connectivity index (χ1) is 9.51. The van der Waals surface area contributed by atoms with Gasteiger partial charge in [0.2, 0.25) is 0 Å². The van der Waals surface area contributed by atoms with Crippen molar-refractivity contribution >= 4 is 12.0 Å². The van der Waals surface area contributed by atoms with Crippen molar-refractivity contribution in [2.45, 2.75) is 46.6 Å². The Kier molecular flexibility index (Phi) is 4.69. The molecule has 20 heavy (non-hydrogen) atoms. The lowest BCUT2D eigenvalue weighted by Gasteiger charge is -2.17. The van der Waals surface area contributed by atoms with E-state index < -0.39 is 0 Å². The second kappa shape index (κ2) is 6.29. The van der Waals surface area contributed by atoms with E-state index in [1.165, 1.54) is 12.8 Å². The van der Waals surface area contributed by atoms with Crippen LogP contribution in [0.5, 0.6) is 5.75 Å². The largest absolute Gasteiger partial charge is 0.490 e. The maximum absolute atomic E-state index is 6.09. The molecule has 0 amide bonds. The first-order valence-electron chi connectivity index (χ1n) is 7.53. The molecule has 110 valence electrons. The summed E-state index contributed by atoms with van der Waals surface area (Å²) in [6.45, 7) is 9.43. The molecule has 1 aliphatic carbocycles. The topological polar surface area (TPSA) is 24.8 Å². The van der Waals surface area contributed by atoms with Crippen LogP contribution in [0, 0.1) is 19.8 Å². The minimum absolute atomic E-state index is 0.327. The fraction of sp³-hybridized carbons (Fsp3) is 0.588. The van der Waals surface area contributed by atoms with E-state index in [1.807, 2.05) is 13.4 Å². The lowest BCUT2D eigenvalue weighted by Crippen LogP contribution is -2.15. The molecular weight excluding hydrogens is 248 g/mol. The first kappa shape index (κ1) is 14.9. The van der Waals surface area contributed by atoms with E-state index in [2.05, 4.69) is 49.7 Å². The van der Waals surface area contributed by atoms with Crippen molar-refractivity contribution in [1.29, 1.82) is 0 Å². The molecule has 1 saturated carbocycles. The molecule has 0 spiro atoms. The van der Waals surface area contributed by atoms with Crippen LogP contribution in [-0.4, -0.2) is 30.9 Å². The van der Waals surface area contributed by atoms with Crippen molar-refractivity contribution in [2.24, 2.45) is 10.9 Å². The summed E-state index contributed by atoms with van der Waals surface area (Å²) in [5, 5.41) is 0. The number of rotatable bonds is 6. The normalized spacial score (nSPS) is 16.4. The monoisotopic (exact) mass is 274 g/mol. The second-order valence-corrected chi connectivity index (χ2v) is 5.88. The molecule has 1 fully saturated rings. The Morgan fingerprint density at radius 1 is 1.35 bits per heavy atom. The van der Waals surface area contributed by atoms with E-state index in [0.717, 1.165) is 35.0 Å². The summed E-state index contributed by atoms with van der Waals surface area (Å²) in [5.74, 6) is 1.76. The van der Waals surface area contributed by atoms with Crippen LogP contribution >= 0.6 is 0 Å². The van der Waals surface area contributed by atoms with Crippen LogP contribution in [0.3, 0.4) is 0 Å². The van der Waals surface area contributed by atoms with Crippen molar-refractivity contribution in [1.82, 2.24) is 4.90 Å². The minimum atomic E-state index is 0.327. The van der Waals surface area contributed by atoms with Gasteiger partial charge in [0.15, 0.2) is 0 Å². The summed E-state index contributed by atoms with van der Waals surface area (Å²) < 4.78 is 6.09. The third kappa shape index (κ3) is 3.75. The third-order valence-corrected chi connectivity index (χ3v) is 3.98. The van der Waals surface area contributed by atoms with Crippen molar-refractivity contribution in [2.75, 3.05) is 13.6 Å². The van der Waals surface area contributed by atoms with Crippen LogP contribution in [0.1, 0.15) is 37.8 Å². The third-order valence-electron chi connectivity index (χ3n) is 3.98. The van der Waals surface area contributed by atoms with Gasteiger partial charge in [0.25, 0.3) is 0 Å². The molecule has 0 aliphatic heterocycles. The average Bonchev–Trinajstić information content (AvgIpc) is 3.24. The molecular formula is C17H26N2O. The maximum Gasteiger partial charge on any atom is 0.123 e. The highest BCUT2D eigenvalue weighted by Crippen LogP contribution is 2.36. The van der Waals surface area contributed by atoms with E-state index >= 15 is 0 Å². The molecule has 3 nitrogen and oxygen atoms in total. The second-order valence-electron chi connectivity index (χ2n) is 5.88. The van der Waals surface area contributed by atoms with Gasteiger partial charge >= 0.3 is 0 Å². The molecule has 1 aromatic rings. The first-order valence-corrected chi connectivity index (χ1v) is 7.53. The molecule has 0 aromatic heterocycles. The number of nitrogens with zero attached hydrogens (tertiary/aromatic N) is 2. The Morgan fingerprint density at radius 3 is 2.65 bits per heavy atom.